The van der Waals surface area contributed by atoms with E-state index in [1.54, 1.807) is 0 Å². The first kappa shape index (κ1) is 13.6. The molecule has 0 bridgehead atoms. The fourth-order valence-corrected chi connectivity index (χ4v) is 4.25. The number of rotatable bonds is 2. The van der Waals surface area contributed by atoms with Gasteiger partial charge in [0.1, 0.15) is 5.75 Å². The number of fused-ring (bicyclic) bond motifs is 1. The van der Waals surface area contributed by atoms with E-state index in [2.05, 4.69) is 15.9 Å². The van der Waals surface area contributed by atoms with Crippen LogP contribution in [0, 0.1) is 0 Å². The second-order valence-electron chi connectivity index (χ2n) is 6.52. The molecular weight excluding hydrogens is 264 g/mol. The van der Waals surface area contributed by atoms with Crippen LogP contribution in [0.4, 0.5) is 0 Å². The maximum atomic E-state index is 9.63. The molecule has 2 unspecified atom stereocenters. The van der Waals surface area contributed by atoms with Gasteiger partial charge in [-0.1, -0.05) is 6.07 Å². The Kier molecular flexibility index (Phi) is 3.61. The molecule has 2 heterocycles. The molecule has 2 fully saturated rings. The Balaban J connectivity index is 1.45. The maximum absolute atomic E-state index is 9.63. The highest BCUT2D eigenvalue weighted by atomic mass is 16.5. The number of aryl methyl sites for hydroxylation is 1. The zero-order valence-corrected chi connectivity index (χ0v) is 12.5. The second-order valence-corrected chi connectivity index (χ2v) is 6.52. The molecule has 0 aromatic heterocycles. The highest BCUT2D eigenvalue weighted by Crippen LogP contribution is 2.39. The molecule has 3 aliphatic rings. The summed E-state index contributed by atoms with van der Waals surface area (Å²) < 4.78 is 5.46. The van der Waals surface area contributed by atoms with E-state index in [0.29, 0.717) is 17.8 Å². The Morgan fingerprint density at radius 3 is 2.76 bits per heavy atom. The second kappa shape index (κ2) is 5.59. The highest BCUT2D eigenvalue weighted by Gasteiger charge is 2.35. The molecule has 0 spiro atoms. The molecule has 4 rings (SSSR count). The molecule has 114 valence electrons. The number of hydrogen-bond donors (Lipinski definition) is 1. The largest absolute Gasteiger partial charge is 0.508 e. The SMILES string of the molecule is Oc1ccc2c(c1)CCC2N1CCC(N2CCOCC2)C1. The highest BCUT2D eigenvalue weighted by molar-refractivity contribution is 5.40. The van der Waals surface area contributed by atoms with Crippen LogP contribution >= 0.6 is 0 Å². The summed E-state index contributed by atoms with van der Waals surface area (Å²) in [6, 6.07) is 7.18. The van der Waals surface area contributed by atoms with Crippen molar-refractivity contribution in [3.63, 3.8) is 0 Å². The van der Waals surface area contributed by atoms with Gasteiger partial charge in [0, 0.05) is 38.3 Å². The number of phenols is 1. The minimum atomic E-state index is 0.405. The lowest BCUT2D eigenvalue weighted by atomic mass is 10.1. The van der Waals surface area contributed by atoms with Crippen LogP contribution in [0.15, 0.2) is 18.2 Å². The number of nitrogens with zero attached hydrogens (tertiary/aromatic N) is 2. The summed E-state index contributed by atoms with van der Waals surface area (Å²) in [5, 5.41) is 9.63. The standard InChI is InChI=1S/C17H24N2O2/c20-15-2-3-16-13(11-15)1-4-17(16)19-6-5-14(12-19)18-7-9-21-10-8-18/h2-3,11,14,17,20H,1,4-10,12H2. The molecule has 2 aliphatic heterocycles. The van der Waals surface area contributed by atoms with Crippen molar-refractivity contribution in [2.75, 3.05) is 39.4 Å². The monoisotopic (exact) mass is 288 g/mol. The van der Waals surface area contributed by atoms with Gasteiger partial charge in [-0.2, -0.15) is 0 Å². The van der Waals surface area contributed by atoms with Gasteiger partial charge in [0.2, 0.25) is 0 Å². The van der Waals surface area contributed by atoms with Crippen LogP contribution in [0.5, 0.6) is 5.75 Å². The third kappa shape index (κ3) is 2.56. The van der Waals surface area contributed by atoms with Crippen molar-refractivity contribution in [1.82, 2.24) is 9.80 Å². The first-order chi connectivity index (χ1) is 10.3. The molecule has 0 saturated carbocycles. The summed E-state index contributed by atoms with van der Waals surface area (Å²) in [5.74, 6) is 0.405. The zero-order chi connectivity index (χ0) is 14.2. The number of hydrogen-bond acceptors (Lipinski definition) is 4. The Morgan fingerprint density at radius 2 is 1.90 bits per heavy atom. The molecule has 0 radical (unpaired) electrons. The molecule has 2 atom stereocenters. The number of ether oxygens (including phenoxy) is 1. The van der Waals surface area contributed by atoms with Crippen LogP contribution in [-0.4, -0.2) is 60.3 Å². The van der Waals surface area contributed by atoms with Gasteiger partial charge in [0.05, 0.1) is 13.2 Å². The van der Waals surface area contributed by atoms with Crippen molar-refractivity contribution in [1.29, 1.82) is 0 Å². The minimum absolute atomic E-state index is 0.405. The zero-order valence-electron chi connectivity index (χ0n) is 12.5. The Labute approximate surface area is 126 Å². The quantitative estimate of drug-likeness (QED) is 0.900. The first-order valence-electron chi connectivity index (χ1n) is 8.19. The normalized spacial score (nSPS) is 30.7. The van der Waals surface area contributed by atoms with Crippen LogP contribution in [0.1, 0.15) is 30.0 Å². The summed E-state index contributed by atoms with van der Waals surface area (Å²) >= 11 is 0. The summed E-state index contributed by atoms with van der Waals surface area (Å²) in [7, 11) is 0. The molecule has 4 heteroatoms. The predicted molar refractivity (Wildman–Crippen MR) is 81.5 cm³/mol. The molecule has 4 nitrogen and oxygen atoms in total. The lowest BCUT2D eigenvalue weighted by Gasteiger charge is -2.33. The summed E-state index contributed by atoms with van der Waals surface area (Å²) in [6.45, 7) is 6.35. The molecule has 1 aliphatic carbocycles. The topological polar surface area (TPSA) is 35.9 Å². The van der Waals surface area contributed by atoms with E-state index in [9.17, 15) is 5.11 Å². The van der Waals surface area contributed by atoms with Crippen molar-refractivity contribution >= 4 is 0 Å². The smallest absolute Gasteiger partial charge is 0.115 e. The van der Waals surface area contributed by atoms with E-state index >= 15 is 0 Å². The molecular formula is C17H24N2O2. The number of benzene rings is 1. The maximum Gasteiger partial charge on any atom is 0.115 e. The van der Waals surface area contributed by atoms with Crippen LogP contribution in [-0.2, 0) is 11.2 Å². The number of aromatic hydroxyl groups is 1. The van der Waals surface area contributed by atoms with Crippen LogP contribution in [0.25, 0.3) is 0 Å². The van der Waals surface area contributed by atoms with E-state index in [-0.39, 0.29) is 0 Å². The van der Waals surface area contributed by atoms with Crippen molar-refractivity contribution < 1.29 is 9.84 Å². The number of phenolic OH excluding ortho intramolecular Hbond substituents is 1. The van der Waals surface area contributed by atoms with E-state index < -0.39 is 0 Å². The Hall–Kier alpha value is -1.10. The lowest BCUT2D eigenvalue weighted by molar-refractivity contribution is 0.0176. The fourth-order valence-electron chi connectivity index (χ4n) is 4.25. The minimum Gasteiger partial charge on any atom is -0.508 e. The molecule has 1 N–H and O–H groups in total. The van der Waals surface area contributed by atoms with Crippen molar-refractivity contribution in [2.24, 2.45) is 0 Å². The first-order valence-corrected chi connectivity index (χ1v) is 8.19. The molecule has 0 amide bonds. The van der Waals surface area contributed by atoms with Gasteiger partial charge in [0.25, 0.3) is 0 Å². The van der Waals surface area contributed by atoms with Crippen LogP contribution < -0.4 is 0 Å². The van der Waals surface area contributed by atoms with Gasteiger partial charge in [0.15, 0.2) is 0 Å². The van der Waals surface area contributed by atoms with E-state index in [0.717, 1.165) is 32.7 Å². The molecule has 21 heavy (non-hydrogen) atoms. The molecule has 1 aromatic rings. The lowest BCUT2D eigenvalue weighted by Crippen LogP contribution is -2.44. The van der Waals surface area contributed by atoms with Gasteiger partial charge in [-0.05, 0) is 42.5 Å². The predicted octanol–water partition coefficient (Wildman–Crippen LogP) is 1.79. The average Bonchev–Trinajstić information content (AvgIpc) is 3.13. The summed E-state index contributed by atoms with van der Waals surface area (Å²) in [4.78, 5) is 5.26. The third-order valence-corrected chi connectivity index (χ3v) is 5.37. The summed E-state index contributed by atoms with van der Waals surface area (Å²) in [5.41, 5.74) is 2.78. The van der Waals surface area contributed by atoms with Crippen molar-refractivity contribution in [2.45, 2.75) is 31.3 Å². The Morgan fingerprint density at radius 1 is 1.05 bits per heavy atom. The van der Waals surface area contributed by atoms with E-state index in [4.69, 9.17) is 4.74 Å². The van der Waals surface area contributed by atoms with Crippen LogP contribution in [0.3, 0.4) is 0 Å². The molecule has 2 saturated heterocycles. The Bertz CT molecular complexity index is 514. The van der Waals surface area contributed by atoms with Crippen LogP contribution in [0.2, 0.25) is 0 Å². The van der Waals surface area contributed by atoms with Gasteiger partial charge in [-0.3, -0.25) is 9.80 Å². The van der Waals surface area contributed by atoms with Crippen molar-refractivity contribution in [3.05, 3.63) is 29.3 Å². The van der Waals surface area contributed by atoms with Gasteiger partial charge >= 0.3 is 0 Å². The van der Waals surface area contributed by atoms with Gasteiger partial charge < -0.3 is 9.84 Å². The fraction of sp³-hybridized carbons (Fsp3) is 0.647. The number of morpholine rings is 1. The number of likely N-dealkylation sites (tertiary alicyclic amines) is 1. The molecule has 1 aromatic carbocycles. The van der Waals surface area contributed by atoms with Gasteiger partial charge in [-0.15, -0.1) is 0 Å². The average molecular weight is 288 g/mol. The van der Waals surface area contributed by atoms with E-state index in [1.165, 1.54) is 37.1 Å². The van der Waals surface area contributed by atoms with Gasteiger partial charge in [-0.25, -0.2) is 0 Å². The van der Waals surface area contributed by atoms with Crippen molar-refractivity contribution in [3.8, 4) is 5.75 Å². The van der Waals surface area contributed by atoms with E-state index in [1.807, 2.05) is 12.1 Å². The third-order valence-electron chi connectivity index (χ3n) is 5.37. The summed E-state index contributed by atoms with van der Waals surface area (Å²) in [6.07, 6.45) is 3.59.